The molecule has 1 saturated heterocycles. The van der Waals surface area contributed by atoms with E-state index in [0.717, 1.165) is 18.4 Å². The Morgan fingerprint density at radius 1 is 1.05 bits per heavy atom. The fourth-order valence-electron chi connectivity index (χ4n) is 4.68. The van der Waals surface area contributed by atoms with Crippen molar-refractivity contribution < 1.29 is 33.3 Å². The predicted molar refractivity (Wildman–Crippen MR) is 146 cm³/mol. The highest BCUT2D eigenvalue weighted by Crippen LogP contribution is 2.41. The largest absolute Gasteiger partial charge is 0.467 e. The highest BCUT2D eigenvalue weighted by Gasteiger charge is 2.46. The van der Waals surface area contributed by atoms with Crippen LogP contribution in [0.5, 0.6) is 0 Å². The van der Waals surface area contributed by atoms with E-state index in [9.17, 15) is 14.4 Å². The van der Waals surface area contributed by atoms with Crippen LogP contribution in [-0.2, 0) is 23.7 Å². The molecule has 9 nitrogen and oxygen atoms in total. The summed E-state index contributed by atoms with van der Waals surface area (Å²) in [6.07, 6.45) is 5.34. The Hall–Kier alpha value is -3.35. The van der Waals surface area contributed by atoms with E-state index in [4.69, 9.17) is 18.9 Å². The molecule has 212 valence electrons. The zero-order valence-electron chi connectivity index (χ0n) is 24.0. The smallest absolute Gasteiger partial charge is 0.408 e. The highest BCUT2D eigenvalue weighted by atomic mass is 16.8. The fourth-order valence-corrected chi connectivity index (χ4v) is 4.68. The average Bonchev–Trinajstić information content (AvgIpc) is 3.31. The van der Waals surface area contributed by atoms with E-state index in [0.29, 0.717) is 11.5 Å². The lowest BCUT2D eigenvalue weighted by Gasteiger charge is -2.34. The van der Waals surface area contributed by atoms with Crippen molar-refractivity contribution in [1.82, 2.24) is 10.6 Å². The molecular weight excluding hydrogens is 500 g/mol. The van der Waals surface area contributed by atoms with Gasteiger partial charge in [-0.05, 0) is 97.6 Å². The molecule has 1 aromatic rings. The minimum absolute atomic E-state index is 0.138. The standard InChI is InChI=1S/C30H40N2O7/c1-28(2,3)39-27(35)32-29(4,5)24(26(34)36-8)31-25(33)21-15-13-19(14-16-21)11-9-10-12-20-17-22-23(18-20)38-30(6,7)37-22/h10,12-16,20,22-24H,17-18H2,1-8H3,(H,31,33)(H,32,35)/t20-,22-,23+,24-/m1/s1. The molecule has 1 saturated carbocycles. The molecule has 39 heavy (non-hydrogen) atoms. The van der Waals surface area contributed by atoms with Gasteiger partial charge in [-0.25, -0.2) is 9.59 Å². The summed E-state index contributed by atoms with van der Waals surface area (Å²) in [4.78, 5) is 37.8. The van der Waals surface area contributed by atoms with Crippen LogP contribution < -0.4 is 10.6 Å². The molecule has 2 aliphatic rings. The zero-order valence-corrected chi connectivity index (χ0v) is 24.0. The Morgan fingerprint density at radius 2 is 1.64 bits per heavy atom. The van der Waals surface area contributed by atoms with Crippen LogP contribution in [0.4, 0.5) is 4.79 Å². The van der Waals surface area contributed by atoms with Gasteiger partial charge in [-0.2, -0.15) is 0 Å². The molecule has 9 heteroatoms. The third kappa shape index (κ3) is 8.57. The van der Waals surface area contributed by atoms with E-state index in [1.54, 1.807) is 58.9 Å². The van der Waals surface area contributed by atoms with E-state index in [1.165, 1.54) is 7.11 Å². The first-order valence-electron chi connectivity index (χ1n) is 13.1. The van der Waals surface area contributed by atoms with Crippen molar-refractivity contribution in [2.75, 3.05) is 7.11 Å². The molecular formula is C30H40N2O7. The third-order valence-electron chi connectivity index (χ3n) is 6.43. The van der Waals surface area contributed by atoms with Crippen molar-refractivity contribution in [2.45, 2.75) is 96.5 Å². The fraction of sp³-hybridized carbons (Fsp3) is 0.567. The van der Waals surface area contributed by atoms with Gasteiger partial charge in [-0.3, -0.25) is 4.79 Å². The topological polar surface area (TPSA) is 112 Å². The number of fused-ring (bicyclic) bond motifs is 1. The summed E-state index contributed by atoms with van der Waals surface area (Å²) in [5, 5.41) is 5.31. The van der Waals surface area contributed by atoms with Crippen LogP contribution in [0.1, 0.15) is 77.2 Å². The second-order valence-corrected chi connectivity index (χ2v) is 11.9. The summed E-state index contributed by atoms with van der Waals surface area (Å²) in [6, 6.07) is 5.55. The molecule has 1 aliphatic heterocycles. The molecule has 0 spiro atoms. The van der Waals surface area contributed by atoms with Crippen molar-refractivity contribution in [3.8, 4) is 11.8 Å². The van der Waals surface area contributed by atoms with Crippen LogP contribution >= 0.6 is 0 Å². The number of carbonyl (C=O) groups is 3. The summed E-state index contributed by atoms with van der Waals surface area (Å²) < 4.78 is 22.0. The number of amides is 2. The third-order valence-corrected chi connectivity index (χ3v) is 6.43. The summed E-state index contributed by atoms with van der Waals surface area (Å²) in [7, 11) is 1.22. The first kappa shape index (κ1) is 30.2. The molecule has 1 aliphatic carbocycles. The van der Waals surface area contributed by atoms with Crippen molar-refractivity contribution in [1.29, 1.82) is 0 Å². The van der Waals surface area contributed by atoms with Gasteiger partial charge in [0.15, 0.2) is 5.79 Å². The summed E-state index contributed by atoms with van der Waals surface area (Å²) in [6.45, 7) is 12.3. The monoisotopic (exact) mass is 540 g/mol. The summed E-state index contributed by atoms with van der Waals surface area (Å²) >= 11 is 0. The molecule has 0 radical (unpaired) electrons. The second kappa shape index (κ2) is 11.8. The normalized spacial score (nSPS) is 22.8. The number of hydrogen-bond acceptors (Lipinski definition) is 7. The molecule has 1 aromatic carbocycles. The highest BCUT2D eigenvalue weighted by molar-refractivity contribution is 5.97. The van der Waals surface area contributed by atoms with Crippen LogP contribution in [0.2, 0.25) is 0 Å². The lowest BCUT2D eigenvalue weighted by atomic mass is 9.94. The van der Waals surface area contributed by atoms with Gasteiger partial charge in [0.25, 0.3) is 5.91 Å². The first-order chi connectivity index (χ1) is 18.1. The maximum absolute atomic E-state index is 12.9. The minimum atomic E-state index is -1.20. The maximum atomic E-state index is 12.9. The number of methoxy groups -OCH3 is 1. The van der Waals surface area contributed by atoms with E-state index in [1.807, 2.05) is 19.9 Å². The quantitative estimate of drug-likeness (QED) is 0.413. The lowest BCUT2D eigenvalue weighted by molar-refractivity contribution is -0.152. The molecule has 4 atom stereocenters. The molecule has 2 fully saturated rings. The van der Waals surface area contributed by atoms with Gasteiger partial charge in [0, 0.05) is 11.1 Å². The van der Waals surface area contributed by atoms with Gasteiger partial charge >= 0.3 is 12.1 Å². The predicted octanol–water partition coefficient (Wildman–Crippen LogP) is 4.10. The molecule has 1 heterocycles. The number of rotatable bonds is 6. The Labute approximate surface area is 231 Å². The molecule has 0 unspecified atom stereocenters. The molecule has 0 bridgehead atoms. The number of alkyl carbamates (subject to hydrolysis) is 1. The van der Waals surface area contributed by atoms with Crippen LogP contribution in [0, 0.1) is 17.8 Å². The number of allylic oxidation sites excluding steroid dienone is 2. The average molecular weight is 541 g/mol. The van der Waals surface area contributed by atoms with Gasteiger partial charge in [0.05, 0.1) is 24.9 Å². The van der Waals surface area contributed by atoms with Crippen molar-refractivity contribution in [3.05, 3.63) is 47.5 Å². The van der Waals surface area contributed by atoms with Gasteiger partial charge in [-0.1, -0.05) is 17.9 Å². The van der Waals surface area contributed by atoms with Crippen LogP contribution in [-0.4, -0.2) is 60.3 Å². The lowest BCUT2D eigenvalue weighted by Crippen LogP contribution is -2.62. The van der Waals surface area contributed by atoms with Crippen LogP contribution in [0.3, 0.4) is 0 Å². The van der Waals surface area contributed by atoms with Gasteiger partial charge in [-0.15, -0.1) is 0 Å². The first-order valence-corrected chi connectivity index (χ1v) is 13.1. The number of ether oxygens (including phenoxy) is 4. The number of hydrogen-bond donors (Lipinski definition) is 2. The van der Waals surface area contributed by atoms with Gasteiger partial charge in [0.2, 0.25) is 0 Å². The SMILES string of the molecule is COC(=O)[C@@H](NC(=O)c1ccc(C#CC=C[C@H]2C[C@@H]3OC(C)(C)O[C@@H]3C2)cc1)C(C)(C)NC(=O)OC(C)(C)C. The Balaban J connectivity index is 1.58. The number of benzene rings is 1. The van der Waals surface area contributed by atoms with E-state index in [-0.39, 0.29) is 12.2 Å². The molecule has 0 aromatic heterocycles. The number of carbonyl (C=O) groups excluding carboxylic acids is 3. The number of esters is 1. The van der Waals surface area contributed by atoms with Crippen molar-refractivity contribution >= 4 is 18.0 Å². The van der Waals surface area contributed by atoms with E-state index >= 15 is 0 Å². The Morgan fingerprint density at radius 3 is 2.18 bits per heavy atom. The van der Waals surface area contributed by atoms with Crippen molar-refractivity contribution in [2.24, 2.45) is 5.92 Å². The van der Waals surface area contributed by atoms with Crippen LogP contribution in [0.15, 0.2) is 36.4 Å². The Bertz CT molecular complexity index is 1140. The van der Waals surface area contributed by atoms with Crippen molar-refractivity contribution in [3.63, 3.8) is 0 Å². The Kier molecular flexibility index (Phi) is 9.14. The van der Waals surface area contributed by atoms with Crippen LogP contribution in [0.25, 0.3) is 0 Å². The summed E-state index contributed by atoms with van der Waals surface area (Å²) in [5.41, 5.74) is -0.848. The molecule has 2 N–H and O–H groups in total. The molecule has 3 rings (SSSR count). The maximum Gasteiger partial charge on any atom is 0.408 e. The second-order valence-electron chi connectivity index (χ2n) is 11.9. The summed E-state index contributed by atoms with van der Waals surface area (Å²) in [5.74, 6) is 4.78. The molecule has 2 amide bonds. The van der Waals surface area contributed by atoms with E-state index in [2.05, 4.69) is 28.6 Å². The zero-order chi connectivity index (χ0) is 29.0. The van der Waals surface area contributed by atoms with Gasteiger partial charge in [0.1, 0.15) is 11.6 Å². The minimum Gasteiger partial charge on any atom is -0.467 e. The number of nitrogens with one attached hydrogen (secondary N) is 2. The van der Waals surface area contributed by atoms with Gasteiger partial charge < -0.3 is 29.6 Å². The van der Waals surface area contributed by atoms with E-state index < -0.39 is 40.9 Å².